The van der Waals surface area contributed by atoms with E-state index in [-0.39, 0.29) is 11.1 Å². The van der Waals surface area contributed by atoms with E-state index in [4.69, 9.17) is 0 Å². The fraction of sp³-hybridized carbons (Fsp3) is 0.0968. The first kappa shape index (κ1) is 25.4. The Balaban J connectivity index is 1.41. The van der Waals surface area contributed by atoms with Crippen molar-refractivity contribution in [2.75, 3.05) is 0 Å². The fourth-order valence-corrected chi connectivity index (χ4v) is 5.46. The molecule has 0 saturated heterocycles. The fourth-order valence-electron chi connectivity index (χ4n) is 4.93. The molecule has 0 amide bonds. The molecule has 6 rings (SSSR count). The van der Waals surface area contributed by atoms with Crippen LogP contribution in [0, 0.1) is 13.8 Å². The molecule has 192 valence electrons. The zero-order chi connectivity index (χ0) is 27.3. The van der Waals surface area contributed by atoms with Crippen LogP contribution in [-0.2, 0) is 6.42 Å². The Morgan fingerprint density at radius 1 is 0.590 bits per heavy atom. The number of hydrogen-bond donors (Lipinski definition) is 0. The zero-order valence-electron chi connectivity index (χ0n) is 21.2. The summed E-state index contributed by atoms with van der Waals surface area (Å²) in [5.41, 5.74) is 4.53. The highest BCUT2D eigenvalue weighted by Crippen LogP contribution is 2.21. The quantitative estimate of drug-likeness (QED) is 0.212. The van der Waals surface area contributed by atoms with E-state index < -0.39 is 0 Å². The van der Waals surface area contributed by atoms with E-state index in [0.717, 1.165) is 31.4 Å². The summed E-state index contributed by atoms with van der Waals surface area (Å²) >= 11 is 6.90. The molecule has 39 heavy (non-hydrogen) atoms. The minimum atomic E-state index is -0.114. The number of benzene rings is 4. The summed E-state index contributed by atoms with van der Waals surface area (Å²) in [6, 6.07) is 26.7. The van der Waals surface area contributed by atoms with Gasteiger partial charge >= 0.3 is 0 Å². The molecule has 2 heterocycles. The predicted octanol–water partition coefficient (Wildman–Crippen LogP) is 6.82. The Kier molecular flexibility index (Phi) is 6.53. The molecule has 0 aliphatic heterocycles. The molecule has 8 heteroatoms. The minimum absolute atomic E-state index is 0.114. The standard InChI is InChI=1S/C31H22Br2N4O2/c1-18-34-28-13-3-20(16-26(28)30(38)36(18)24-9-5-22(32)6-10-24)15-21-4-14-29-27(17-21)31(39)37(19(2)35-29)25-11-7-23(33)8-12-25/h3-14,16-17H,15H2,1-2H3. The second-order valence-corrected chi connectivity index (χ2v) is 11.3. The van der Waals surface area contributed by atoms with Crippen molar-refractivity contribution in [3.8, 4) is 11.4 Å². The van der Waals surface area contributed by atoms with Gasteiger partial charge in [-0.15, -0.1) is 0 Å². The minimum Gasteiger partial charge on any atom is -0.268 e. The molecule has 0 N–H and O–H groups in total. The number of fused-ring (bicyclic) bond motifs is 2. The summed E-state index contributed by atoms with van der Waals surface area (Å²) in [7, 11) is 0. The maximum Gasteiger partial charge on any atom is 0.265 e. The second kappa shape index (κ2) is 10.0. The van der Waals surface area contributed by atoms with Crippen LogP contribution >= 0.6 is 31.9 Å². The van der Waals surface area contributed by atoms with Crippen molar-refractivity contribution in [3.05, 3.63) is 137 Å². The maximum absolute atomic E-state index is 13.5. The van der Waals surface area contributed by atoms with Gasteiger partial charge in [0, 0.05) is 8.95 Å². The van der Waals surface area contributed by atoms with Crippen LogP contribution in [-0.4, -0.2) is 19.1 Å². The van der Waals surface area contributed by atoms with Gasteiger partial charge in [-0.25, -0.2) is 9.97 Å². The lowest BCUT2D eigenvalue weighted by Crippen LogP contribution is -2.22. The molecule has 0 spiro atoms. The zero-order valence-corrected chi connectivity index (χ0v) is 24.3. The topological polar surface area (TPSA) is 69.8 Å². The van der Waals surface area contributed by atoms with Crippen LogP contribution in [0.1, 0.15) is 22.8 Å². The molecule has 0 unspecified atom stereocenters. The lowest BCUT2D eigenvalue weighted by atomic mass is 10.0. The highest BCUT2D eigenvalue weighted by atomic mass is 79.9. The highest BCUT2D eigenvalue weighted by molar-refractivity contribution is 9.10. The van der Waals surface area contributed by atoms with E-state index in [1.807, 2.05) is 98.8 Å². The van der Waals surface area contributed by atoms with Gasteiger partial charge < -0.3 is 0 Å². The summed E-state index contributed by atoms with van der Waals surface area (Å²) in [4.78, 5) is 36.4. The molecule has 4 aromatic carbocycles. The molecule has 0 radical (unpaired) electrons. The monoisotopic (exact) mass is 640 g/mol. The average molecular weight is 642 g/mol. The maximum atomic E-state index is 13.5. The van der Waals surface area contributed by atoms with Gasteiger partial charge in [-0.3, -0.25) is 18.7 Å². The molecule has 0 aliphatic carbocycles. The van der Waals surface area contributed by atoms with E-state index in [1.54, 1.807) is 9.13 Å². The second-order valence-electron chi connectivity index (χ2n) is 9.43. The van der Waals surface area contributed by atoms with Crippen molar-refractivity contribution < 1.29 is 0 Å². The Morgan fingerprint density at radius 2 is 0.974 bits per heavy atom. The van der Waals surface area contributed by atoms with Gasteiger partial charge in [0.05, 0.1) is 33.2 Å². The van der Waals surface area contributed by atoms with Crippen molar-refractivity contribution in [3.63, 3.8) is 0 Å². The molecule has 0 atom stereocenters. The molecule has 2 aromatic heterocycles. The van der Waals surface area contributed by atoms with Gasteiger partial charge in [0.15, 0.2) is 0 Å². The van der Waals surface area contributed by atoms with Crippen LogP contribution in [0.3, 0.4) is 0 Å². The smallest absolute Gasteiger partial charge is 0.265 e. The SMILES string of the molecule is Cc1nc2ccc(Cc3ccc4nc(C)n(-c5ccc(Br)cc5)c(=O)c4c3)cc2c(=O)n1-c1ccc(Br)cc1. The van der Waals surface area contributed by atoms with Gasteiger partial charge in [0.25, 0.3) is 11.1 Å². The molecule has 6 aromatic rings. The van der Waals surface area contributed by atoms with Crippen LogP contribution in [0.25, 0.3) is 33.2 Å². The number of nitrogens with zero attached hydrogens (tertiary/aromatic N) is 4. The number of aryl methyl sites for hydroxylation is 2. The van der Waals surface area contributed by atoms with E-state index in [1.165, 1.54) is 0 Å². The van der Waals surface area contributed by atoms with Gasteiger partial charge in [-0.05, 0) is 104 Å². The molecule has 6 nitrogen and oxygen atoms in total. The van der Waals surface area contributed by atoms with Gasteiger partial charge in [0.2, 0.25) is 0 Å². The lowest BCUT2D eigenvalue weighted by Gasteiger charge is -2.13. The van der Waals surface area contributed by atoms with Crippen molar-refractivity contribution in [2.45, 2.75) is 20.3 Å². The lowest BCUT2D eigenvalue weighted by molar-refractivity contribution is 0.893. The molecular formula is C31H22Br2N4O2. The summed E-state index contributed by atoms with van der Waals surface area (Å²) in [6.07, 6.45) is 0.559. The highest BCUT2D eigenvalue weighted by Gasteiger charge is 2.13. The number of hydrogen-bond acceptors (Lipinski definition) is 4. The van der Waals surface area contributed by atoms with E-state index in [9.17, 15) is 9.59 Å². The largest absolute Gasteiger partial charge is 0.268 e. The molecule has 0 fully saturated rings. The Morgan fingerprint density at radius 3 is 1.36 bits per heavy atom. The summed E-state index contributed by atoms with van der Waals surface area (Å²) < 4.78 is 5.15. The predicted molar refractivity (Wildman–Crippen MR) is 162 cm³/mol. The number of halogens is 2. The number of aromatic nitrogens is 4. The first-order valence-electron chi connectivity index (χ1n) is 12.3. The summed E-state index contributed by atoms with van der Waals surface area (Å²) in [6.45, 7) is 3.67. The van der Waals surface area contributed by atoms with Crippen molar-refractivity contribution in [1.29, 1.82) is 0 Å². The summed E-state index contributed by atoms with van der Waals surface area (Å²) in [5, 5.41) is 1.10. The third kappa shape index (κ3) is 4.75. The molecule has 0 saturated carbocycles. The molecule has 0 aliphatic rings. The van der Waals surface area contributed by atoms with E-state index in [2.05, 4.69) is 41.8 Å². The van der Waals surface area contributed by atoms with Crippen LogP contribution in [0.4, 0.5) is 0 Å². The Labute approximate surface area is 240 Å². The molecular weight excluding hydrogens is 620 g/mol. The van der Waals surface area contributed by atoms with E-state index >= 15 is 0 Å². The van der Waals surface area contributed by atoms with Crippen LogP contribution in [0.15, 0.2) is 103 Å². The van der Waals surface area contributed by atoms with Gasteiger partial charge in [-0.1, -0.05) is 44.0 Å². The normalized spacial score (nSPS) is 11.4. The van der Waals surface area contributed by atoms with E-state index in [0.29, 0.717) is 39.9 Å². The van der Waals surface area contributed by atoms with Crippen LogP contribution in [0.2, 0.25) is 0 Å². The van der Waals surface area contributed by atoms with Crippen molar-refractivity contribution in [1.82, 2.24) is 19.1 Å². The first-order chi connectivity index (χ1) is 18.8. The van der Waals surface area contributed by atoms with Crippen LogP contribution in [0.5, 0.6) is 0 Å². The van der Waals surface area contributed by atoms with Crippen LogP contribution < -0.4 is 11.1 Å². The third-order valence-corrected chi connectivity index (χ3v) is 7.84. The average Bonchev–Trinajstić information content (AvgIpc) is 2.92. The number of rotatable bonds is 4. The Bertz CT molecular complexity index is 1870. The first-order valence-corrected chi connectivity index (χ1v) is 13.9. The third-order valence-electron chi connectivity index (χ3n) is 6.78. The molecule has 0 bridgehead atoms. The summed E-state index contributed by atoms with van der Waals surface area (Å²) in [5.74, 6) is 1.25. The van der Waals surface area contributed by atoms with Gasteiger partial charge in [-0.2, -0.15) is 0 Å². The van der Waals surface area contributed by atoms with Crippen molar-refractivity contribution in [2.24, 2.45) is 0 Å². The Hall–Kier alpha value is -3.88. The van der Waals surface area contributed by atoms with Gasteiger partial charge in [0.1, 0.15) is 11.6 Å². The van der Waals surface area contributed by atoms with Crippen molar-refractivity contribution >= 4 is 53.7 Å².